The van der Waals surface area contributed by atoms with Crippen molar-refractivity contribution < 1.29 is 112 Å². The fraction of sp³-hybridized carbons (Fsp3) is 0.632. The Morgan fingerprint density at radius 1 is 0.560 bits per heavy atom. The molecule has 0 spiro atoms. The first-order valence-electron chi connectivity index (χ1n) is 27.6. The second-order valence-electron chi connectivity index (χ2n) is 13.1. The highest BCUT2D eigenvalue weighted by molar-refractivity contribution is 5.64. The van der Waals surface area contributed by atoms with Crippen molar-refractivity contribution in [2.75, 3.05) is 59.5 Å². The van der Waals surface area contributed by atoms with Crippen LogP contribution in [0.3, 0.4) is 0 Å². The molecule has 492 valence electrons. The smallest absolute Gasteiger partial charge is 0.435 e. The van der Waals surface area contributed by atoms with Gasteiger partial charge in [-0.1, -0.05) is 144 Å². The van der Waals surface area contributed by atoms with Crippen molar-refractivity contribution in [1.29, 1.82) is 0 Å². The van der Waals surface area contributed by atoms with Crippen LogP contribution in [-0.4, -0.2) is 109 Å². The van der Waals surface area contributed by atoms with Crippen LogP contribution in [0, 0.1) is 26.2 Å². The molecule has 84 heavy (non-hydrogen) atoms. The Labute approximate surface area is 496 Å². The minimum Gasteiger partial charge on any atom is -0.435 e. The Bertz CT molecular complexity index is 2090. The van der Waals surface area contributed by atoms with Gasteiger partial charge in [0.2, 0.25) is 0 Å². The molecule has 5 aliphatic heterocycles. The highest BCUT2D eigenvalue weighted by Crippen LogP contribution is 2.16. The Hall–Kier alpha value is -8.13. The maximum Gasteiger partial charge on any atom is 0.518 e. The van der Waals surface area contributed by atoms with E-state index in [1.54, 1.807) is 40.7 Å². The van der Waals surface area contributed by atoms with E-state index in [-0.39, 0.29) is 24.2 Å². The van der Waals surface area contributed by atoms with E-state index in [4.69, 9.17) is 4.74 Å². The lowest BCUT2D eigenvalue weighted by Crippen LogP contribution is -2.19. The van der Waals surface area contributed by atoms with E-state index < -0.39 is 54.4 Å². The lowest BCUT2D eigenvalue weighted by atomic mass is 9.96. The van der Waals surface area contributed by atoms with Crippen molar-refractivity contribution in [2.45, 2.75) is 178 Å². The third-order valence-electron chi connectivity index (χ3n) is 6.73. The van der Waals surface area contributed by atoms with Crippen LogP contribution in [0.25, 0.3) is 0 Å². The average Bonchev–Trinajstić information content (AvgIpc) is 4.44. The number of carbonyl (C=O) groups is 6. The highest BCUT2D eigenvalue weighted by Gasteiger charge is 2.21. The molecule has 8 heterocycles. The summed E-state index contributed by atoms with van der Waals surface area (Å²) < 4.78 is 79.1. The summed E-state index contributed by atoms with van der Waals surface area (Å²) in [6.07, 6.45) is 3.95. The number of ether oxygens (including phenoxy) is 12. The van der Waals surface area contributed by atoms with Gasteiger partial charge in [0, 0.05) is 11.8 Å². The molecule has 5 saturated heterocycles. The van der Waals surface area contributed by atoms with Crippen molar-refractivity contribution >= 4 is 36.9 Å². The molecular formula is C57H102O27. The molecule has 2 unspecified atom stereocenters. The van der Waals surface area contributed by atoms with Crippen LogP contribution in [0.1, 0.15) is 162 Å². The van der Waals surface area contributed by atoms with Crippen molar-refractivity contribution in [1.82, 2.24) is 0 Å². The fourth-order valence-corrected chi connectivity index (χ4v) is 3.28. The molecule has 0 bridgehead atoms. The van der Waals surface area contributed by atoms with Crippen LogP contribution in [0.5, 0.6) is 0 Å². The zero-order valence-electron chi connectivity index (χ0n) is 54.3. The first-order valence-corrected chi connectivity index (χ1v) is 27.6. The monoisotopic (exact) mass is 1220 g/mol. The lowest BCUT2D eigenvalue weighted by molar-refractivity contribution is 0.0191. The average molecular weight is 1220 g/mol. The molecule has 0 amide bonds. The number of rotatable bonds is 5. The van der Waals surface area contributed by atoms with Crippen LogP contribution in [0.15, 0.2) is 97.3 Å². The Balaban J connectivity index is -0.000000105. The van der Waals surface area contributed by atoms with Crippen molar-refractivity contribution in [3.8, 4) is 0 Å². The van der Waals surface area contributed by atoms with E-state index in [1.165, 1.54) is 24.9 Å². The van der Waals surface area contributed by atoms with Crippen LogP contribution < -0.4 is 17.5 Å². The largest absolute Gasteiger partial charge is 0.518 e. The molecule has 3 aromatic heterocycles. The van der Waals surface area contributed by atoms with E-state index in [0.29, 0.717) is 75.9 Å². The minimum absolute atomic E-state index is 0.0486. The van der Waals surface area contributed by atoms with Gasteiger partial charge in [-0.15, -0.1) is 6.58 Å². The van der Waals surface area contributed by atoms with Crippen molar-refractivity contribution in [3.05, 3.63) is 106 Å². The minimum atomic E-state index is -0.657. The predicted octanol–water partition coefficient (Wildman–Crippen LogP) is 14.8. The summed E-state index contributed by atoms with van der Waals surface area (Å²) in [6.45, 7) is 58.2. The van der Waals surface area contributed by atoms with E-state index >= 15 is 0 Å². The van der Waals surface area contributed by atoms with Crippen molar-refractivity contribution in [2.24, 2.45) is 5.41 Å². The second kappa shape index (κ2) is 71.0. The lowest BCUT2D eigenvalue weighted by Gasteiger charge is -2.18. The fourth-order valence-electron chi connectivity index (χ4n) is 3.28. The van der Waals surface area contributed by atoms with Gasteiger partial charge in [0.05, 0.1) is 19.8 Å². The molecule has 0 saturated carbocycles. The van der Waals surface area contributed by atoms with Gasteiger partial charge in [-0.05, 0) is 40.7 Å². The number of cyclic esters (lactones) is 10. The zero-order valence-corrected chi connectivity index (χ0v) is 54.3. The number of carbonyl (C=O) groups excluding carboxylic acids is 6. The van der Waals surface area contributed by atoms with Gasteiger partial charge < -0.3 is 83.3 Å². The van der Waals surface area contributed by atoms with E-state index in [2.05, 4.69) is 98.3 Å². The van der Waals surface area contributed by atoms with E-state index in [0.717, 1.165) is 6.42 Å². The first-order chi connectivity index (χ1) is 40.1. The molecule has 3 aromatic rings. The second-order valence-corrected chi connectivity index (χ2v) is 13.1. The molecule has 5 aliphatic rings. The van der Waals surface area contributed by atoms with Crippen LogP contribution in [0.2, 0.25) is 0 Å². The molecule has 0 N–H and O–H groups in total. The zero-order chi connectivity index (χ0) is 67.5. The molecule has 8 rings (SSSR count). The van der Waals surface area contributed by atoms with Crippen LogP contribution in [0.4, 0.5) is 28.8 Å². The number of hydrogen-bond acceptors (Lipinski definition) is 27. The molecule has 5 fully saturated rings. The molecule has 27 heteroatoms. The third kappa shape index (κ3) is 68.1. The summed E-state index contributed by atoms with van der Waals surface area (Å²) in [5.41, 5.74) is -0.188. The summed E-state index contributed by atoms with van der Waals surface area (Å²) in [6, 6.07) is 0. The van der Waals surface area contributed by atoms with Gasteiger partial charge in [-0.3, -0.25) is 0 Å². The maximum absolute atomic E-state index is 10.7. The van der Waals surface area contributed by atoms with Crippen LogP contribution in [-0.2, 0) is 56.8 Å². The molecule has 0 aliphatic carbocycles. The highest BCUT2D eigenvalue weighted by atomic mass is 16.8. The van der Waals surface area contributed by atoms with Gasteiger partial charge in [0.25, 0.3) is 0 Å². The van der Waals surface area contributed by atoms with Gasteiger partial charge in [-0.2, -0.15) is 0 Å². The van der Waals surface area contributed by atoms with Gasteiger partial charge >= 0.3 is 54.4 Å². The maximum atomic E-state index is 10.7. The van der Waals surface area contributed by atoms with E-state index in [9.17, 15) is 43.2 Å². The summed E-state index contributed by atoms with van der Waals surface area (Å²) in [4.78, 5) is 90.5. The first kappa shape index (κ1) is 95.1. The molecule has 0 aromatic carbocycles. The Morgan fingerprint density at radius 2 is 1.00 bits per heavy atom. The molecule has 27 nitrogen and oxygen atoms in total. The summed E-state index contributed by atoms with van der Waals surface area (Å²) in [5, 5.41) is 0. The van der Waals surface area contributed by atoms with Gasteiger partial charge in [-0.25, -0.2) is 43.2 Å². The van der Waals surface area contributed by atoms with E-state index in [1.807, 2.05) is 125 Å². The SMILES string of the molecule is C=C1COC(=O)O1.C=CC(C)(C)COC(=O)OCC.C=CC1COC(=O)O1.CC.CC.CC.CC.CC.CC.CC.CC.CC1COC(=O)O1.Cc1coc(=O)o1.Cc1oc(=O)oc1C.O=C1OCCCO1.O=C1OCCO1.O=c1occo1. The topological polar surface area (TPSA) is 343 Å². The standard InChI is InChI=1S/C9H16O3.2C5H6O3.C4H6O3.2C4H4O3.C4H6O3.C3H4O3.C3H2O3.8C2H6/c1-5-9(3,4)7-12-8(10)11-6-2;1-3-4(2)8-5(6)7-3;1-2-4-3-7-5(6)8-4;3*1-3-2-6-4(5)7-3;5-4-6-2-1-3-7-4;2*4-3-5-1-2-6-3;8*1-2/h5H,1,6-7H2,2-4H3;1-2H3;2,4H,1,3H2;3H,2H2,1H3;2H,1H3;1-2H2;1-3H2;1-2H2;1-2H;8*1-2H3. The van der Waals surface area contributed by atoms with Crippen molar-refractivity contribution in [3.63, 3.8) is 0 Å². The quantitative estimate of drug-likeness (QED) is 0.130. The molecule has 2 atom stereocenters. The summed E-state index contributed by atoms with van der Waals surface area (Å²) in [7, 11) is 0. The van der Waals surface area contributed by atoms with Gasteiger partial charge in [0.1, 0.15) is 81.0 Å². The number of hydrogen-bond donors (Lipinski definition) is 0. The predicted molar refractivity (Wildman–Crippen MR) is 313 cm³/mol. The number of aryl methyl sites for hydroxylation is 3. The molecule has 0 radical (unpaired) electrons. The van der Waals surface area contributed by atoms with Gasteiger partial charge in [0.15, 0.2) is 12.7 Å². The third-order valence-corrected chi connectivity index (χ3v) is 6.73. The molecular weight excluding hydrogens is 1120 g/mol. The Morgan fingerprint density at radius 3 is 1.18 bits per heavy atom. The summed E-state index contributed by atoms with van der Waals surface area (Å²) in [5.74, 6) is 0.0625. The Kier molecular flexibility index (Phi) is 80.4. The van der Waals surface area contributed by atoms with Crippen LogP contribution >= 0.6 is 0 Å². The summed E-state index contributed by atoms with van der Waals surface area (Å²) >= 11 is 0. The normalized spacial score (nSPS) is 14.0.